The van der Waals surface area contributed by atoms with E-state index in [4.69, 9.17) is 11.7 Å². The topological polar surface area (TPSA) is 68.3 Å². The molecule has 1 amide bonds. The third-order valence-corrected chi connectivity index (χ3v) is 6.58. The van der Waals surface area contributed by atoms with Crippen molar-refractivity contribution in [1.82, 2.24) is 9.78 Å². The van der Waals surface area contributed by atoms with Gasteiger partial charge in [0.2, 0.25) is 5.70 Å². The molecule has 0 radical (unpaired) electrons. The number of Topliss-reactive ketones (excluding diaryl/α,β-unsaturated/α-hetero) is 1. The van der Waals surface area contributed by atoms with Crippen LogP contribution in [0.2, 0.25) is 0 Å². The van der Waals surface area contributed by atoms with Crippen molar-refractivity contribution in [2.45, 2.75) is 39.0 Å². The van der Waals surface area contributed by atoms with Crippen LogP contribution in [0.3, 0.4) is 0 Å². The second-order valence-electron chi connectivity index (χ2n) is 8.69. The van der Waals surface area contributed by atoms with Gasteiger partial charge in [-0.2, -0.15) is 5.10 Å². The molecule has 0 aliphatic heterocycles. The van der Waals surface area contributed by atoms with Gasteiger partial charge in [-0.25, -0.2) is 4.85 Å². The highest BCUT2D eigenvalue weighted by atomic mass is 16.1. The lowest BCUT2D eigenvalue weighted by atomic mass is 9.53. The van der Waals surface area contributed by atoms with Crippen molar-refractivity contribution < 1.29 is 9.59 Å². The molecule has 2 aliphatic rings. The fourth-order valence-corrected chi connectivity index (χ4v) is 5.12. The summed E-state index contributed by atoms with van der Waals surface area (Å²) in [5.74, 6) is 0.459. The van der Waals surface area contributed by atoms with Crippen LogP contribution in [0.1, 0.15) is 48.8 Å². The van der Waals surface area contributed by atoms with Crippen LogP contribution in [0.4, 0.5) is 5.82 Å². The Morgan fingerprint density at radius 2 is 1.97 bits per heavy atom. The number of nitrogens with zero attached hydrogens (tertiary/aromatic N) is 3. The van der Waals surface area contributed by atoms with E-state index < -0.39 is 10.8 Å². The molecule has 1 N–H and O–H groups in total. The Morgan fingerprint density at radius 1 is 1.28 bits per heavy atom. The molecule has 2 aromatic rings. The third kappa shape index (κ3) is 2.72. The van der Waals surface area contributed by atoms with E-state index in [2.05, 4.69) is 17.1 Å². The predicted molar refractivity (Wildman–Crippen MR) is 110 cm³/mol. The number of carbonyl (C=O) groups is 2. The van der Waals surface area contributed by atoms with Crippen molar-refractivity contribution in [3.05, 3.63) is 70.3 Å². The van der Waals surface area contributed by atoms with Crippen LogP contribution >= 0.6 is 0 Å². The zero-order chi connectivity index (χ0) is 21.0. The second-order valence-corrected chi connectivity index (χ2v) is 8.69. The summed E-state index contributed by atoms with van der Waals surface area (Å²) in [7, 11) is 1.82. The number of aryl methyl sites for hydroxylation is 1. The first-order valence-electron chi connectivity index (χ1n) is 9.78. The number of ketones is 1. The van der Waals surface area contributed by atoms with Crippen molar-refractivity contribution >= 4 is 17.5 Å². The van der Waals surface area contributed by atoms with E-state index >= 15 is 0 Å². The Kier molecular flexibility index (Phi) is 4.23. The lowest BCUT2D eigenvalue weighted by Crippen LogP contribution is -2.50. The Hall–Kier alpha value is -3.20. The van der Waals surface area contributed by atoms with Crippen molar-refractivity contribution in [3.63, 3.8) is 0 Å². The molecule has 0 fully saturated rings. The molecule has 0 spiro atoms. The molecule has 0 saturated carbocycles. The molecule has 0 unspecified atom stereocenters. The Morgan fingerprint density at radius 3 is 2.62 bits per heavy atom. The number of fused-ring (bicyclic) bond motifs is 3. The largest absolute Gasteiger partial charge is 0.307 e. The standard InChI is InChI=1S/C23H24N4O2/c1-22(2)17-12-11-15-18(23(17,3)13-16(24-4)19(22)28)26-27(5)20(15)25-21(29)14-9-7-6-8-10-14/h6-10,13,17H,11-12H2,1-3,5H3,(H,25,29)/t17-,23-/m0/s1. The zero-order valence-electron chi connectivity index (χ0n) is 17.1. The number of hydrogen-bond donors (Lipinski definition) is 1. The first-order chi connectivity index (χ1) is 13.7. The maximum absolute atomic E-state index is 12.8. The number of aromatic nitrogens is 2. The molecule has 4 rings (SSSR count). The SMILES string of the molecule is [C-]#[N+]C1=C[C@]2(C)c3nn(C)c(NC(=O)c4ccccc4)c3CC[C@H]2C(C)(C)C1=O. The van der Waals surface area contributed by atoms with Gasteiger partial charge >= 0.3 is 0 Å². The number of allylic oxidation sites excluding steroid dienone is 2. The van der Waals surface area contributed by atoms with Crippen LogP contribution in [0.25, 0.3) is 4.85 Å². The molecule has 2 aliphatic carbocycles. The highest BCUT2D eigenvalue weighted by Crippen LogP contribution is 2.55. The first-order valence-corrected chi connectivity index (χ1v) is 9.78. The second kappa shape index (κ2) is 6.41. The number of anilines is 1. The monoisotopic (exact) mass is 388 g/mol. The van der Waals surface area contributed by atoms with Gasteiger partial charge in [-0.3, -0.25) is 9.48 Å². The molecule has 6 heteroatoms. The van der Waals surface area contributed by atoms with Crippen LogP contribution in [0, 0.1) is 17.9 Å². The van der Waals surface area contributed by atoms with Crippen LogP contribution in [0.15, 0.2) is 42.1 Å². The summed E-state index contributed by atoms with van der Waals surface area (Å²) in [6.45, 7) is 13.4. The number of nitrogens with one attached hydrogen (secondary N) is 1. The fourth-order valence-electron chi connectivity index (χ4n) is 5.12. The molecule has 1 heterocycles. The number of amides is 1. The summed E-state index contributed by atoms with van der Waals surface area (Å²) in [6, 6.07) is 9.08. The summed E-state index contributed by atoms with van der Waals surface area (Å²) < 4.78 is 1.70. The highest BCUT2D eigenvalue weighted by molar-refractivity contribution is 6.04. The van der Waals surface area contributed by atoms with Gasteiger partial charge in [-0.05, 0) is 30.9 Å². The van der Waals surface area contributed by atoms with Crippen LogP contribution in [-0.4, -0.2) is 21.5 Å². The van der Waals surface area contributed by atoms with E-state index in [1.54, 1.807) is 22.9 Å². The van der Waals surface area contributed by atoms with Crippen molar-refractivity contribution in [2.24, 2.45) is 18.4 Å². The summed E-state index contributed by atoms with van der Waals surface area (Å²) in [4.78, 5) is 29.0. The van der Waals surface area contributed by atoms with E-state index in [-0.39, 0.29) is 23.3 Å². The minimum absolute atomic E-state index is 0.0491. The lowest BCUT2D eigenvalue weighted by molar-refractivity contribution is -0.128. The van der Waals surface area contributed by atoms with Crippen molar-refractivity contribution in [1.29, 1.82) is 0 Å². The van der Waals surface area contributed by atoms with Crippen LogP contribution < -0.4 is 5.32 Å². The molecular weight excluding hydrogens is 364 g/mol. The highest BCUT2D eigenvalue weighted by Gasteiger charge is 2.55. The number of carbonyl (C=O) groups excluding carboxylic acids is 2. The summed E-state index contributed by atoms with van der Waals surface area (Å²) >= 11 is 0. The molecule has 2 atom stereocenters. The number of hydrogen-bond acceptors (Lipinski definition) is 3. The third-order valence-electron chi connectivity index (χ3n) is 6.58. The molecule has 0 saturated heterocycles. The van der Waals surface area contributed by atoms with Gasteiger partial charge in [0.25, 0.3) is 5.91 Å². The van der Waals surface area contributed by atoms with Gasteiger partial charge < -0.3 is 10.1 Å². The average Bonchev–Trinajstić information content (AvgIpc) is 3.02. The van der Waals surface area contributed by atoms with Crippen LogP contribution in [-0.2, 0) is 23.7 Å². The summed E-state index contributed by atoms with van der Waals surface area (Å²) in [6.07, 6.45) is 3.32. The van der Waals surface area contributed by atoms with E-state index in [9.17, 15) is 9.59 Å². The maximum atomic E-state index is 12.8. The molecular formula is C23H24N4O2. The number of benzene rings is 1. The van der Waals surface area contributed by atoms with Gasteiger partial charge in [0.05, 0.1) is 12.3 Å². The Labute approximate surface area is 170 Å². The lowest BCUT2D eigenvalue weighted by Gasteiger charge is -2.49. The summed E-state index contributed by atoms with van der Waals surface area (Å²) in [5.41, 5.74) is 1.44. The summed E-state index contributed by atoms with van der Waals surface area (Å²) in [5, 5.41) is 7.77. The average molecular weight is 388 g/mol. The zero-order valence-corrected chi connectivity index (χ0v) is 17.1. The smallest absolute Gasteiger partial charge is 0.256 e. The Bertz CT molecular complexity index is 1090. The normalized spacial score (nSPS) is 24.7. The van der Waals surface area contributed by atoms with Gasteiger partial charge in [0.1, 0.15) is 5.82 Å². The van der Waals surface area contributed by atoms with Gasteiger partial charge in [-0.1, -0.05) is 45.0 Å². The minimum Gasteiger partial charge on any atom is -0.307 e. The predicted octanol–water partition coefficient (Wildman–Crippen LogP) is 3.90. The quantitative estimate of drug-likeness (QED) is 0.793. The molecule has 1 aromatic heterocycles. The van der Waals surface area contributed by atoms with E-state index in [0.717, 1.165) is 24.1 Å². The van der Waals surface area contributed by atoms with E-state index in [1.807, 2.05) is 39.1 Å². The van der Waals surface area contributed by atoms with E-state index in [0.29, 0.717) is 11.4 Å². The van der Waals surface area contributed by atoms with Gasteiger partial charge in [0, 0.05) is 29.0 Å². The molecule has 148 valence electrons. The van der Waals surface area contributed by atoms with Crippen molar-refractivity contribution in [2.75, 3.05) is 5.32 Å². The molecule has 1 aromatic carbocycles. The molecule has 6 nitrogen and oxygen atoms in total. The van der Waals surface area contributed by atoms with Gasteiger partial charge in [-0.15, -0.1) is 0 Å². The first kappa shape index (κ1) is 19.1. The maximum Gasteiger partial charge on any atom is 0.256 e. The van der Waals surface area contributed by atoms with Crippen LogP contribution in [0.5, 0.6) is 0 Å². The number of rotatable bonds is 2. The molecule has 29 heavy (non-hydrogen) atoms. The van der Waals surface area contributed by atoms with E-state index in [1.165, 1.54) is 0 Å². The fraction of sp³-hybridized carbons (Fsp3) is 0.391. The van der Waals surface area contributed by atoms with Crippen molar-refractivity contribution in [3.8, 4) is 0 Å². The van der Waals surface area contributed by atoms with Gasteiger partial charge in [0.15, 0.2) is 5.78 Å². The minimum atomic E-state index is -0.633. The Balaban J connectivity index is 1.80. The molecule has 0 bridgehead atoms.